The predicted molar refractivity (Wildman–Crippen MR) is 39.7 cm³/mol. The van der Waals surface area contributed by atoms with Crippen LogP contribution in [0.15, 0.2) is 0 Å². The number of hydrogen-bond donors (Lipinski definition) is 1. The first-order valence-electron chi connectivity index (χ1n) is 3.63. The molecule has 58 valence electrons. The molecule has 0 aromatic rings. The second-order valence-electron chi connectivity index (χ2n) is 2.93. The minimum atomic E-state index is 0.220. The Labute approximate surface area is 61.4 Å². The maximum Gasteiger partial charge on any atom is 0.223 e. The Bertz CT molecular complexity index is 130. The summed E-state index contributed by atoms with van der Waals surface area (Å²) in [5.74, 6) is 0.220. The van der Waals surface area contributed by atoms with Crippen molar-refractivity contribution in [3.05, 3.63) is 0 Å². The summed E-state index contributed by atoms with van der Waals surface area (Å²) in [4.78, 5) is 12.7. The van der Waals surface area contributed by atoms with E-state index in [0.29, 0.717) is 12.5 Å². The molecule has 0 bridgehead atoms. The fourth-order valence-electron chi connectivity index (χ4n) is 0.916. The molecule has 10 heavy (non-hydrogen) atoms. The van der Waals surface area contributed by atoms with E-state index in [9.17, 15) is 4.79 Å². The van der Waals surface area contributed by atoms with Crippen LogP contribution in [0.5, 0.6) is 0 Å². The molecule has 1 saturated heterocycles. The van der Waals surface area contributed by atoms with Crippen LogP contribution in [0.25, 0.3) is 0 Å². The van der Waals surface area contributed by atoms with Gasteiger partial charge < -0.3 is 10.2 Å². The first-order chi connectivity index (χ1) is 4.70. The second kappa shape index (κ2) is 3.01. The number of nitrogens with zero attached hydrogens (tertiary/aromatic N) is 1. The molecule has 1 atom stereocenters. The molecule has 0 aromatic carbocycles. The molecule has 0 spiro atoms. The molecule has 1 aliphatic rings. The SMILES string of the molecule is CN(C)C(=O)CC1CCN1. The molecule has 0 saturated carbocycles. The zero-order valence-electron chi connectivity index (χ0n) is 6.55. The van der Waals surface area contributed by atoms with Crippen LogP contribution in [0.3, 0.4) is 0 Å². The van der Waals surface area contributed by atoms with Crippen molar-refractivity contribution in [2.24, 2.45) is 0 Å². The Morgan fingerprint density at radius 3 is 2.60 bits per heavy atom. The van der Waals surface area contributed by atoms with Gasteiger partial charge in [0.1, 0.15) is 0 Å². The number of hydrogen-bond acceptors (Lipinski definition) is 2. The van der Waals surface area contributed by atoms with Gasteiger partial charge in [0.15, 0.2) is 0 Å². The molecule has 0 aliphatic carbocycles. The Morgan fingerprint density at radius 2 is 2.30 bits per heavy atom. The average Bonchev–Trinajstić information content (AvgIpc) is 1.77. The second-order valence-corrected chi connectivity index (χ2v) is 2.93. The maximum absolute atomic E-state index is 11.0. The third-order valence-electron chi connectivity index (χ3n) is 1.85. The summed E-state index contributed by atoms with van der Waals surface area (Å²) in [6.45, 7) is 1.07. The molecule has 0 radical (unpaired) electrons. The fraction of sp³-hybridized carbons (Fsp3) is 0.857. The van der Waals surface area contributed by atoms with Crippen molar-refractivity contribution in [1.82, 2.24) is 10.2 Å². The Hall–Kier alpha value is -0.570. The third kappa shape index (κ3) is 1.70. The normalized spacial score (nSPS) is 23.6. The monoisotopic (exact) mass is 142 g/mol. The lowest BCUT2D eigenvalue weighted by Crippen LogP contribution is -2.45. The van der Waals surface area contributed by atoms with Crippen LogP contribution in [-0.2, 0) is 4.79 Å². The molecule has 1 unspecified atom stereocenters. The van der Waals surface area contributed by atoms with Crippen molar-refractivity contribution in [1.29, 1.82) is 0 Å². The largest absolute Gasteiger partial charge is 0.349 e. The lowest BCUT2D eigenvalue weighted by Gasteiger charge is -2.27. The van der Waals surface area contributed by atoms with E-state index < -0.39 is 0 Å². The lowest BCUT2D eigenvalue weighted by molar-refractivity contribution is -0.129. The van der Waals surface area contributed by atoms with E-state index in [1.165, 1.54) is 0 Å². The van der Waals surface area contributed by atoms with Crippen molar-refractivity contribution in [2.45, 2.75) is 18.9 Å². The van der Waals surface area contributed by atoms with Crippen LogP contribution >= 0.6 is 0 Å². The topological polar surface area (TPSA) is 32.3 Å². The maximum atomic E-state index is 11.0. The van der Waals surface area contributed by atoms with Crippen molar-refractivity contribution >= 4 is 5.91 Å². The predicted octanol–water partition coefficient (Wildman–Crippen LogP) is -0.173. The van der Waals surface area contributed by atoms with Crippen LogP contribution in [0.2, 0.25) is 0 Å². The smallest absolute Gasteiger partial charge is 0.223 e. The zero-order valence-corrected chi connectivity index (χ0v) is 6.55. The molecule has 1 rings (SSSR count). The molecular weight excluding hydrogens is 128 g/mol. The van der Waals surface area contributed by atoms with E-state index in [1.54, 1.807) is 19.0 Å². The highest BCUT2D eigenvalue weighted by Gasteiger charge is 2.20. The van der Waals surface area contributed by atoms with Gasteiger partial charge >= 0.3 is 0 Å². The number of carbonyl (C=O) groups is 1. The summed E-state index contributed by atoms with van der Waals surface area (Å²) in [5.41, 5.74) is 0. The van der Waals surface area contributed by atoms with Gasteiger partial charge in [-0.25, -0.2) is 0 Å². The first kappa shape index (κ1) is 7.54. The van der Waals surface area contributed by atoms with Gasteiger partial charge in [-0.2, -0.15) is 0 Å². The van der Waals surface area contributed by atoms with Crippen molar-refractivity contribution < 1.29 is 4.79 Å². The van der Waals surface area contributed by atoms with Crippen molar-refractivity contribution in [3.63, 3.8) is 0 Å². The molecule has 1 aliphatic heterocycles. The van der Waals surface area contributed by atoms with Gasteiger partial charge in [-0.05, 0) is 13.0 Å². The molecule has 3 heteroatoms. The average molecular weight is 142 g/mol. The molecule has 1 N–H and O–H groups in total. The van der Waals surface area contributed by atoms with Gasteiger partial charge in [0.2, 0.25) is 5.91 Å². The Morgan fingerprint density at radius 1 is 1.70 bits per heavy atom. The lowest BCUT2D eigenvalue weighted by atomic mass is 10.0. The number of carbonyl (C=O) groups excluding carboxylic acids is 1. The molecule has 1 amide bonds. The molecule has 1 fully saturated rings. The first-order valence-corrected chi connectivity index (χ1v) is 3.63. The summed E-state index contributed by atoms with van der Waals surface area (Å²) >= 11 is 0. The quantitative estimate of drug-likeness (QED) is 0.580. The van der Waals surface area contributed by atoms with Gasteiger partial charge in [-0.1, -0.05) is 0 Å². The third-order valence-corrected chi connectivity index (χ3v) is 1.85. The molecule has 1 heterocycles. The Kier molecular flexibility index (Phi) is 2.27. The summed E-state index contributed by atoms with van der Waals surface area (Å²) in [6, 6.07) is 0.454. The van der Waals surface area contributed by atoms with Crippen LogP contribution in [-0.4, -0.2) is 37.5 Å². The highest BCUT2D eigenvalue weighted by molar-refractivity contribution is 5.76. The van der Waals surface area contributed by atoms with Crippen LogP contribution in [0.4, 0.5) is 0 Å². The summed E-state index contributed by atoms with van der Waals surface area (Å²) in [7, 11) is 3.59. The number of rotatable bonds is 2. The van der Waals surface area contributed by atoms with E-state index in [-0.39, 0.29) is 5.91 Å². The van der Waals surface area contributed by atoms with Gasteiger partial charge in [0, 0.05) is 26.6 Å². The van der Waals surface area contributed by atoms with Gasteiger partial charge in [0.25, 0.3) is 0 Å². The summed E-state index contributed by atoms with van der Waals surface area (Å²) in [6.07, 6.45) is 1.81. The zero-order chi connectivity index (χ0) is 7.56. The van der Waals surface area contributed by atoms with Crippen LogP contribution in [0, 0.1) is 0 Å². The number of nitrogens with one attached hydrogen (secondary N) is 1. The van der Waals surface area contributed by atoms with Gasteiger partial charge in [-0.3, -0.25) is 4.79 Å². The summed E-state index contributed by atoms with van der Waals surface area (Å²) in [5, 5.41) is 3.18. The minimum Gasteiger partial charge on any atom is -0.349 e. The minimum absolute atomic E-state index is 0.220. The standard InChI is InChI=1S/C7H14N2O/c1-9(2)7(10)5-6-3-4-8-6/h6,8H,3-5H2,1-2H3. The molecule has 3 nitrogen and oxygen atoms in total. The molecule has 0 aromatic heterocycles. The van der Waals surface area contributed by atoms with E-state index in [1.807, 2.05) is 0 Å². The fourth-order valence-corrected chi connectivity index (χ4v) is 0.916. The van der Waals surface area contributed by atoms with Crippen LogP contribution in [0.1, 0.15) is 12.8 Å². The summed E-state index contributed by atoms with van der Waals surface area (Å²) < 4.78 is 0. The van der Waals surface area contributed by atoms with Gasteiger partial charge in [0.05, 0.1) is 0 Å². The van der Waals surface area contributed by atoms with Crippen molar-refractivity contribution in [3.8, 4) is 0 Å². The van der Waals surface area contributed by atoms with E-state index >= 15 is 0 Å². The van der Waals surface area contributed by atoms with E-state index in [2.05, 4.69) is 5.32 Å². The Balaban J connectivity index is 2.17. The van der Waals surface area contributed by atoms with Gasteiger partial charge in [-0.15, -0.1) is 0 Å². The highest BCUT2D eigenvalue weighted by Crippen LogP contribution is 2.06. The van der Waals surface area contributed by atoms with E-state index in [4.69, 9.17) is 0 Å². The highest BCUT2D eigenvalue weighted by atomic mass is 16.2. The van der Waals surface area contributed by atoms with Crippen LogP contribution < -0.4 is 5.32 Å². The molecular formula is C7H14N2O. The van der Waals surface area contributed by atoms with E-state index in [0.717, 1.165) is 13.0 Å². The number of amides is 1. The van der Waals surface area contributed by atoms with Crippen molar-refractivity contribution in [2.75, 3.05) is 20.6 Å².